The van der Waals surface area contributed by atoms with Crippen LogP contribution in [0.1, 0.15) is 29.4 Å². The van der Waals surface area contributed by atoms with E-state index in [2.05, 4.69) is 0 Å². The van der Waals surface area contributed by atoms with Crippen LogP contribution in [-0.2, 0) is 0 Å². The highest BCUT2D eigenvalue weighted by atomic mass is 32.1. The average Bonchev–Trinajstić information content (AvgIpc) is 3.17. The summed E-state index contributed by atoms with van der Waals surface area (Å²) in [5.74, 6) is -0.352. The maximum atomic E-state index is 13.2. The van der Waals surface area contributed by atoms with Crippen LogP contribution in [0.3, 0.4) is 0 Å². The lowest BCUT2D eigenvalue weighted by Gasteiger charge is -2.19. The van der Waals surface area contributed by atoms with Crippen molar-refractivity contribution in [2.24, 2.45) is 0 Å². The van der Waals surface area contributed by atoms with Gasteiger partial charge in [0.2, 0.25) is 0 Å². The van der Waals surface area contributed by atoms with Crippen molar-refractivity contribution in [1.29, 1.82) is 0 Å². The van der Waals surface area contributed by atoms with Gasteiger partial charge in [-0.3, -0.25) is 4.79 Å². The number of hydrogen-bond donors (Lipinski definition) is 1. The van der Waals surface area contributed by atoms with Gasteiger partial charge in [-0.1, -0.05) is 0 Å². The Bertz CT molecular complexity index is 648. The molecule has 1 aliphatic carbocycles. The summed E-state index contributed by atoms with van der Waals surface area (Å²) in [6.07, 6.45) is 2.14. The molecule has 0 radical (unpaired) electrons. The molecule has 0 saturated heterocycles. The van der Waals surface area contributed by atoms with Crippen molar-refractivity contribution >= 4 is 33.0 Å². The standard InChI is InChI=1S/C14H15FN2OS/c1-2-17(9-4-5-9)14(18)13-12(16)10-7-8(15)3-6-11(10)19-13/h3,6-7,9H,2,4-5,16H2,1H3. The highest BCUT2D eigenvalue weighted by molar-refractivity contribution is 7.21. The SMILES string of the molecule is CCN(C(=O)c1sc2ccc(F)cc2c1N)C1CC1. The third-order valence-corrected chi connectivity index (χ3v) is 4.65. The lowest BCUT2D eigenvalue weighted by Crippen LogP contribution is -2.32. The van der Waals surface area contributed by atoms with Crippen LogP contribution >= 0.6 is 11.3 Å². The van der Waals surface area contributed by atoms with Crippen LogP contribution in [0, 0.1) is 5.82 Å². The monoisotopic (exact) mass is 278 g/mol. The molecule has 0 aliphatic heterocycles. The highest BCUT2D eigenvalue weighted by Gasteiger charge is 2.33. The molecule has 100 valence electrons. The first kappa shape index (κ1) is 12.4. The second-order valence-electron chi connectivity index (χ2n) is 4.81. The Kier molecular flexibility index (Phi) is 2.93. The van der Waals surface area contributed by atoms with Gasteiger partial charge in [-0.2, -0.15) is 0 Å². The minimum Gasteiger partial charge on any atom is -0.397 e. The van der Waals surface area contributed by atoms with Gasteiger partial charge in [0, 0.05) is 22.7 Å². The number of nitrogen functional groups attached to an aromatic ring is 1. The number of halogens is 1. The van der Waals surface area contributed by atoms with Gasteiger partial charge in [0.1, 0.15) is 10.7 Å². The van der Waals surface area contributed by atoms with Crippen LogP contribution in [0.4, 0.5) is 10.1 Å². The van der Waals surface area contributed by atoms with E-state index >= 15 is 0 Å². The van der Waals surface area contributed by atoms with Crippen molar-refractivity contribution in [2.75, 3.05) is 12.3 Å². The molecule has 0 unspecified atom stereocenters. The second-order valence-corrected chi connectivity index (χ2v) is 5.86. The number of amides is 1. The number of nitrogens with zero attached hydrogens (tertiary/aromatic N) is 1. The molecule has 1 amide bonds. The molecule has 1 aromatic heterocycles. The summed E-state index contributed by atoms with van der Waals surface area (Å²) in [5.41, 5.74) is 6.42. The summed E-state index contributed by atoms with van der Waals surface area (Å²) in [4.78, 5) is 14.9. The van der Waals surface area contributed by atoms with Gasteiger partial charge in [-0.15, -0.1) is 11.3 Å². The van der Waals surface area contributed by atoms with Gasteiger partial charge in [0.05, 0.1) is 5.69 Å². The molecule has 0 atom stereocenters. The number of carbonyl (C=O) groups is 1. The first-order valence-corrected chi connectivity index (χ1v) is 7.22. The molecule has 1 fully saturated rings. The van der Waals surface area contributed by atoms with Crippen molar-refractivity contribution in [3.05, 3.63) is 28.9 Å². The topological polar surface area (TPSA) is 46.3 Å². The van der Waals surface area contributed by atoms with E-state index in [4.69, 9.17) is 5.73 Å². The predicted octanol–water partition coefficient (Wildman–Crippen LogP) is 3.25. The Balaban J connectivity index is 2.04. The average molecular weight is 278 g/mol. The van der Waals surface area contributed by atoms with Crippen molar-refractivity contribution in [3.63, 3.8) is 0 Å². The number of thiophene rings is 1. The third-order valence-electron chi connectivity index (χ3n) is 3.47. The van der Waals surface area contributed by atoms with E-state index in [-0.39, 0.29) is 11.7 Å². The summed E-state index contributed by atoms with van der Waals surface area (Å²) < 4.78 is 14.1. The molecule has 3 nitrogen and oxygen atoms in total. The molecule has 1 heterocycles. The number of benzene rings is 1. The maximum absolute atomic E-state index is 13.2. The molecular weight excluding hydrogens is 263 g/mol. The van der Waals surface area contributed by atoms with E-state index in [1.807, 2.05) is 11.8 Å². The molecule has 5 heteroatoms. The Morgan fingerprint density at radius 3 is 2.89 bits per heavy atom. The molecule has 2 N–H and O–H groups in total. The molecule has 1 aliphatic rings. The van der Waals surface area contributed by atoms with E-state index < -0.39 is 0 Å². The zero-order valence-corrected chi connectivity index (χ0v) is 11.5. The summed E-state index contributed by atoms with van der Waals surface area (Å²) in [5, 5.41) is 0.639. The molecule has 1 saturated carbocycles. The van der Waals surface area contributed by atoms with Gasteiger partial charge in [-0.05, 0) is 38.0 Å². The Morgan fingerprint density at radius 2 is 2.26 bits per heavy atom. The first-order valence-electron chi connectivity index (χ1n) is 6.40. The van der Waals surface area contributed by atoms with Crippen LogP contribution in [0.15, 0.2) is 18.2 Å². The van der Waals surface area contributed by atoms with E-state index in [9.17, 15) is 9.18 Å². The lowest BCUT2D eigenvalue weighted by atomic mass is 10.2. The number of fused-ring (bicyclic) bond motifs is 1. The van der Waals surface area contributed by atoms with E-state index in [0.29, 0.717) is 28.5 Å². The van der Waals surface area contributed by atoms with Crippen molar-refractivity contribution in [2.45, 2.75) is 25.8 Å². The van der Waals surface area contributed by atoms with Gasteiger partial charge in [-0.25, -0.2) is 4.39 Å². The minimum atomic E-state index is -0.328. The molecule has 19 heavy (non-hydrogen) atoms. The van der Waals surface area contributed by atoms with E-state index in [0.717, 1.165) is 17.5 Å². The largest absolute Gasteiger partial charge is 0.397 e. The maximum Gasteiger partial charge on any atom is 0.266 e. The van der Waals surface area contributed by atoms with Gasteiger partial charge in [0.15, 0.2) is 0 Å². The number of nitrogens with two attached hydrogens (primary N) is 1. The van der Waals surface area contributed by atoms with Crippen molar-refractivity contribution < 1.29 is 9.18 Å². The van der Waals surface area contributed by atoms with Crippen LogP contribution < -0.4 is 5.73 Å². The Morgan fingerprint density at radius 1 is 1.53 bits per heavy atom. The lowest BCUT2D eigenvalue weighted by molar-refractivity contribution is 0.0758. The van der Waals surface area contributed by atoms with Crippen LogP contribution in [0.2, 0.25) is 0 Å². The summed E-state index contributed by atoms with van der Waals surface area (Å²) in [7, 11) is 0. The molecule has 2 aromatic rings. The first-order chi connectivity index (χ1) is 9.11. The number of hydrogen-bond acceptors (Lipinski definition) is 3. The fourth-order valence-electron chi connectivity index (χ4n) is 2.33. The number of anilines is 1. The number of rotatable bonds is 3. The molecule has 0 bridgehead atoms. The van der Waals surface area contributed by atoms with Gasteiger partial charge < -0.3 is 10.6 Å². The van der Waals surface area contributed by atoms with Crippen LogP contribution in [-0.4, -0.2) is 23.4 Å². The third kappa shape index (κ3) is 2.08. The summed E-state index contributed by atoms with van der Waals surface area (Å²) >= 11 is 1.35. The zero-order chi connectivity index (χ0) is 13.6. The zero-order valence-electron chi connectivity index (χ0n) is 10.6. The summed E-state index contributed by atoms with van der Waals surface area (Å²) in [6.45, 7) is 2.66. The molecular formula is C14H15FN2OS. The fourth-order valence-corrected chi connectivity index (χ4v) is 3.39. The smallest absolute Gasteiger partial charge is 0.266 e. The van der Waals surface area contributed by atoms with Crippen molar-refractivity contribution in [3.8, 4) is 0 Å². The van der Waals surface area contributed by atoms with E-state index in [1.54, 1.807) is 6.07 Å². The van der Waals surface area contributed by atoms with Crippen LogP contribution in [0.5, 0.6) is 0 Å². The van der Waals surface area contributed by atoms with Crippen molar-refractivity contribution in [1.82, 2.24) is 4.90 Å². The quantitative estimate of drug-likeness (QED) is 0.936. The number of carbonyl (C=O) groups excluding carboxylic acids is 1. The van der Waals surface area contributed by atoms with E-state index in [1.165, 1.54) is 23.5 Å². The Labute approximate surface area is 114 Å². The minimum absolute atomic E-state index is 0.0240. The summed E-state index contributed by atoms with van der Waals surface area (Å²) in [6, 6.07) is 4.82. The fraction of sp³-hybridized carbons (Fsp3) is 0.357. The molecule has 0 spiro atoms. The normalized spacial score (nSPS) is 14.8. The predicted molar refractivity (Wildman–Crippen MR) is 75.9 cm³/mol. The highest BCUT2D eigenvalue weighted by Crippen LogP contribution is 2.37. The molecule has 1 aromatic carbocycles. The van der Waals surface area contributed by atoms with Gasteiger partial charge >= 0.3 is 0 Å². The second kappa shape index (κ2) is 4.49. The Hall–Kier alpha value is -1.62. The van der Waals surface area contributed by atoms with Crippen LogP contribution in [0.25, 0.3) is 10.1 Å². The molecule has 3 rings (SSSR count). The van der Waals surface area contributed by atoms with Gasteiger partial charge in [0.25, 0.3) is 5.91 Å².